The van der Waals surface area contributed by atoms with Crippen LogP contribution in [0.4, 0.5) is 11.4 Å². The fraction of sp³-hybridized carbons (Fsp3) is 0. The maximum absolute atomic E-state index is 12.4. The van der Waals surface area contributed by atoms with Gasteiger partial charge in [0.05, 0.1) is 11.3 Å². The number of ketones is 1. The van der Waals surface area contributed by atoms with Gasteiger partial charge in [-0.25, -0.2) is 0 Å². The first-order chi connectivity index (χ1) is 10.3. The van der Waals surface area contributed by atoms with Crippen LogP contribution < -0.4 is 5.32 Å². The Hall–Kier alpha value is -2.87. The smallest absolute Gasteiger partial charge is 0.188 e. The van der Waals surface area contributed by atoms with Crippen LogP contribution in [-0.2, 0) is 0 Å². The van der Waals surface area contributed by atoms with E-state index in [1.165, 1.54) is 0 Å². The summed E-state index contributed by atoms with van der Waals surface area (Å²) in [6.45, 7) is 0. The lowest BCUT2D eigenvalue weighted by molar-refractivity contribution is 0.104. The van der Waals surface area contributed by atoms with E-state index < -0.39 is 0 Å². The molecule has 2 nitrogen and oxygen atoms in total. The maximum atomic E-state index is 12.4. The number of hydrogen-bond acceptors (Lipinski definition) is 2. The summed E-state index contributed by atoms with van der Waals surface area (Å²) in [6.07, 6.45) is 3.54. The molecule has 0 saturated carbocycles. The van der Waals surface area contributed by atoms with Crippen molar-refractivity contribution in [2.24, 2.45) is 0 Å². The van der Waals surface area contributed by atoms with E-state index in [-0.39, 0.29) is 5.78 Å². The van der Waals surface area contributed by atoms with Crippen LogP contribution in [-0.4, -0.2) is 5.78 Å². The van der Waals surface area contributed by atoms with Crippen molar-refractivity contribution in [3.8, 4) is 0 Å². The third-order valence-corrected chi connectivity index (χ3v) is 3.79. The van der Waals surface area contributed by atoms with Crippen molar-refractivity contribution in [2.45, 2.75) is 0 Å². The van der Waals surface area contributed by atoms with E-state index in [9.17, 15) is 4.79 Å². The predicted octanol–water partition coefficient (Wildman–Crippen LogP) is 4.79. The van der Waals surface area contributed by atoms with Crippen molar-refractivity contribution in [1.82, 2.24) is 0 Å². The molecule has 21 heavy (non-hydrogen) atoms. The molecule has 1 aliphatic rings. The number of allylic oxidation sites excluding steroid dienone is 1. The van der Waals surface area contributed by atoms with Crippen LogP contribution in [0.1, 0.15) is 15.9 Å². The van der Waals surface area contributed by atoms with Gasteiger partial charge in [-0.15, -0.1) is 0 Å². The van der Waals surface area contributed by atoms with Crippen molar-refractivity contribution >= 4 is 34.0 Å². The summed E-state index contributed by atoms with van der Waals surface area (Å²) in [4.78, 5) is 12.4. The van der Waals surface area contributed by atoms with Crippen LogP contribution in [0, 0.1) is 0 Å². The van der Waals surface area contributed by atoms with Crippen LogP contribution in [0.25, 0.3) is 16.8 Å². The largest absolute Gasteiger partial charge is 0.355 e. The van der Waals surface area contributed by atoms with Crippen molar-refractivity contribution in [2.75, 3.05) is 5.32 Å². The first kappa shape index (κ1) is 11.9. The monoisotopic (exact) mass is 271 g/mol. The number of anilines is 2. The second-order valence-corrected chi connectivity index (χ2v) is 5.12. The fourth-order valence-corrected chi connectivity index (χ4v) is 2.83. The Morgan fingerprint density at radius 1 is 0.762 bits per heavy atom. The zero-order valence-electron chi connectivity index (χ0n) is 11.3. The average molecular weight is 271 g/mol. The molecule has 0 atom stereocenters. The highest BCUT2D eigenvalue weighted by molar-refractivity contribution is 6.23. The van der Waals surface area contributed by atoms with Crippen molar-refractivity contribution < 1.29 is 4.79 Å². The Balaban J connectivity index is 1.94. The highest BCUT2D eigenvalue weighted by Crippen LogP contribution is 2.34. The van der Waals surface area contributed by atoms with Crippen LogP contribution in [0.3, 0.4) is 0 Å². The summed E-state index contributed by atoms with van der Waals surface area (Å²) in [6, 6.07) is 20.0. The number of para-hydroxylation sites is 1. The molecule has 0 radical (unpaired) electrons. The number of rotatable bonds is 2. The second-order valence-electron chi connectivity index (χ2n) is 5.12. The van der Waals surface area contributed by atoms with Gasteiger partial charge < -0.3 is 5.32 Å². The van der Waals surface area contributed by atoms with E-state index in [0.29, 0.717) is 0 Å². The Morgan fingerprint density at radius 2 is 1.62 bits per heavy atom. The molecule has 100 valence electrons. The lowest BCUT2D eigenvalue weighted by atomic mass is 9.91. The molecule has 0 unspecified atom stereocenters. The van der Waals surface area contributed by atoms with Crippen LogP contribution in [0.15, 0.2) is 66.7 Å². The van der Waals surface area contributed by atoms with E-state index >= 15 is 0 Å². The molecule has 0 saturated heterocycles. The van der Waals surface area contributed by atoms with Gasteiger partial charge in [0.2, 0.25) is 0 Å². The Labute approximate surface area is 122 Å². The Bertz CT molecular complexity index is 879. The SMILES string of the molecule is O=C1C=Cc2cccc3ccc(Nc4ccccc4)c1c23. The van der Waals surface area contributed by atoms with Gasteiger partial charge in [-0.05, 0) is 35.2 Å². The molecule has 0 bridgehead atoms. The summed E-state index contributed by atoms with van der Waals surface area (Å²) < 4.78 is 0. The molecule has 1 aliphatic carbocycles. The van der Waals surface area contributed by atoms with Crippen molar-refractivity contribution in [3.63, 3.8) is 0 Å². The quantitative estimate of drug-likeness (QED) is 0.725. The molecular weight excluding hydrogens is 258 g/mol. The van der Waals surface area contributed by atoms with E-state index in [4.69, 9.17) is 0 Å². The zero-order valence-corrected chi connectivity index (χ0v) is 11.3. The number of carbonyl (C=O) groups is 1. The van der Waals surface area contributed by atoms with E-state index in [2.05, 4.69) is 11.4 Å². The van der Waals surface area contributed by atoms with Crippen molar-refractivity contribution in [1.29, 1.82) is 0 Å². The minimum absolute atomic E-state index is 0.0535. The minimum Gasteiger partial charge on any atom is -0.355 e. The molecular formula is C19H13NO. The van der Waals surface area contributed by atoms with Crippen LogP contribution in [0.5, 0.6) is 0 Å². The van der Waals surface area contributed by atoms with Crippen LogP contribution >= 0.6 is 0 Å². The Morgan fingerprint density at radius 3 is 2.48 bits per heavy atom. The number of benzene rings is 3. The van der Waals surface area contributed by atoms with Gasteiger partial charge in [-0.1, -0.05) is 48.5 Å². The van der Waals surface area contributed by atoms with Crippen LogP contribution in [0.2, 0.25) is 0 Å². The highest BCUT2D eigenvalue weighted by Gasteiger charge is 2.18. The number of hydrogen-bond donors (Lipinski definition) is 1. The molecule has 0 aliphatic heterocycles. The molecule has 3 aromatic carbocycles. The van der Waals surface area contributed by atoms with Gasteiger partial charge in [0.1, 0.15) is 0 Å². The molecule has 0 amide bonds. The lowest BCUT2D eigenvalue weighted by Crippen LogP contribution is -2.06. The summed E-state index contributed by atoms with van der Waals surface area (Å²) in [5, 5.41) is 5.48. The van der Waals surface area contributed by atoms with Gasteiger partial charge in [0, 0.05) is 11.1 Å². The maximum Gasteiger partial charge on any atom is 0.188 e. The number of nitrogens with one attached hydrogen (secondary N) is 1. The van der Waals surface area contributed by atoms with Gasteiger partial charge in [-0.2, -0.15) is 0 Å². The second kappa shape index (κ2) is 4.60. The van der Waals surface area contributed by atoms with E-state index in [1.807, 2.05) is 60.7 Å². The van der Waals surface area contributed by atoms with Gasteiger partial charge in [-0.3, -0.25) is 4.79 Å². The fourth-order valence-electron chi connectivity index (χ4n) is 2.83. The molecule has 2 heteroatoms. The molecule has 0 heterocycles. The number of carbonyl (C=O) groups excluding carboxylic acids is 1. The summed E-state index contributed by atoms with van der Waals surface area (Å²) in [7, 11) is 0. The molecule has 4 rings (SSSR count). The predicted molar refractivity (Wildman–Crippen MR) is 87.0 cm³/mol. The van der Waals surface area contributed by atoms with E-state index in [1.54, 1.807) is 6.08 Å². The zero-order chi connectivity index (χ0) is 14.2. The standard InChI is InChI=1S/C19H13NO/c21-17-12-10-14-6-4-5-13-9-11-16(19(17)18(13)14)20-15-7-2-1-3-8-15/h1-12,20H. The summed E-state index contributed by atoms with van der Waals surface area (Å²) >= 11 is 0. The third kappa shape index (κ3) is 1.93. The normalized spacial score (nSPS) is 12.7. The lowest BCUT2D eigenvalue weighted by Gasteiger charge is -2.17. The molecule has 0 fully saturated rings. The molecule has 0 aromatic heterocycles. The molecule has 0 spiro atoms. The Kier molecular flexibility index (Phi) is 2.61. The van der Waals surface area contributed by atoms with Gasteiger partial charge >= 0.3 is 0 Å². The van der Waals surface area contributed by atoms with Gasteiger partial charge in [0.15, 0.2) is 5.78 Å². The van der Waals surface area contributed by atoms with Gasteiger partial charge in [0.25, 0.3) is 0 Å². The first-order valence-corrected chi connectivity index (χ1v) is 6.93. The highest BCUT2D eigenvalue weighted by atomic mass is 16.1. The molecule has 1 N–H and O–H groups in total. The third-order valence-electron chi connectivity index (χ3n) is 3.79. The topological polar surface area (TPSA) is 29.1 Å². The average Bonchev–Trinajstić information content (AvgIpc) is 2.53. The summed E-state index contributed by atoms with van der Waals surface area (Å²) in [5.41, 5.74) is 3.69. The summed E-state index contributed by atoms with van der Waals surface area (Å²) in [5.74, 6) is 0.0535. The first-order valence-electron chi connectivity index (χ1n) is 6.93. The van der Waals surface area contributed by atoms with Crippen molar-refractivity contribution in [3.05, 3.63) is 77.9 Å². The van der Waals surface area contributed by atoms with E-state index in [0.717, 1.165) is 33.3 Å². The molecule has 3 aromatic rings. The minimum atomic E-state index is 0.0535.